The topological polar surface area (TPSA) is 58.4 Å². The number of nitrogen functional groups attached to an aromatic ring is 1. The van der Waals surface area contributed by atoms with Gasteiger partial charge in [0, 0.05) is 24.5 Å². The maximum atomic E-state index is 12.0. The molecule has 1 heterocycles. The van der Waals surface area contributed by atoms with Crippen molar-refractivity contribution in [3.63, 3.8) is 0 Å². The van der Waals surface area contributed by atoms with Crippen LogP contribution in [-0.4, -0.2) is 24.0 Å². The summed E-state index contributed by atoms with van der Waals surface area (Å²) in [5.41, 5.74) is 7.09. The van der Waals surface area contributed by atoms with Crippen molar-refractivity contribution in [1.29, 1.82) is 0 Å². The smallest absolute Gasteiger partial charge is 0.321 e. The molecule has 1 aromatic carbocycles. The molecule has 1 aliphatic heterocycles. The molecule has 17 heavy (non-hydrogen) atoms. The number of nitrogens with two attached hydrogens (primary N) is 1. The van der Waals surface area contributed by atoms with Crippen molar-refractivity contribution in [3.05, 3.63) is 24.3 Å². The first-order valence-electron chi connectivity index (χ1n) is 6.06. The first-order chi connectivity index (χ1) is 8.15. The highest BCUT2D eigenvalue weighted by Gasteiger charge is 2.19. The van der Waals surface area contributed by atoms with Gasteiger partial charge >= 0.3 is 6.03 Å². The first kappa shape index (κ1) is 11.8. The Morgan fingerprint density at radius 2 is 2.12 bits per heavy atom. The maximum Gasteiger partial charge on any atom is 0.321 e. The Labute approximate surface area is 102 Å². The number of hydrogen-bond donors (Lipinski definition) is 2. The van der Waals surface area contributed by atoms with E-state index in [4.69, 9.17) is 5.73 Å². The van der Waals surface area contributed by atoms with E-state index >= 15 is 0 Å². The second kappa shape index (κ2) is 5.08. The van der Waals surface area contributed by atoms with Crippen LogP contribution in [0.1, 0.15) is 19.8 Å². The van der Waals surface area contributed by atoms with Crippen molar-refractivity contribution < 1.29 is 4.79 Å². The summed E-state index contributed by atoms with van der Waals surface area (Å²) in [6.45, 7) is 3.91. The Morgan fingerprint density at radius 3 is 2.76 bits per heavy atom. The minimum Gasteiger partial charge on any atom is -0.399 e. The average Bonchev–Trinajstić information content (AvgIpc) is 2.29. The van der Waals surface area contributed by atoms with Crippen molar-refractivity contribution in [2.24, 2.45) is 5.92 Å². The fourth-order valence-electron chi connectivity index (χ4n) is 2.03. The number of rotatable bonds is 1. The van der Waals surface area contributed by atoms with Crippen LogP contribution < -0.4 is 11.1 Å². The minimum absolute atomic E-state index is 0.0255. The molecule has 0 bridgehead atoms. The first-order valence-corrected chi connectivity index (χ1v) is 6.06. The van der Waals surface area contributed by atoms with E-state index in [-0.39, 0.29) is 6.03 Å². The molecule has 2 rings (SSSR count). The summed E-state index contributed by atoms with van der Waals surface area (Å²) in [5, 5.41) is 2.87. The van der Waals surface area contributed by atoms with Crippen LogP contribution in [-0.2, 0) is 0 Å². The molecular weight excluding hydrogens is 214 g/mol. The maximum absolute atomic E-state index is 12.0. The molecule has 3 N–H and O–H groups in total. The summed E-state index contributed by atoms with van der Waals surface area (Å²) < 4.78 is 0. The molecule has 0 radical (unpaired) electrons. The lowest BCUT2D eigenvalue weighted by Crippen LogP contribution is -2.40. The lowest BCUT2D eigenvalue weighted by atomic mass is 10.00. The highest BCUT2D eigenvalue weighted by molar-refractivity contribution is 5.89. The number of likely N-dealkylation sites (tertiary alicyclic amines) is 1. The van der Waals surface area contributed by atoms with Crippen molar-refractivity contribution >= 4 is 17.4 Å². The van der Waals surface area contributed by atoms with E-state index in [2.05, 4.69) is 12.2 Å². The van der Waals surface area contributed by atoms with Gasteiger partial charge in [-0.25, -0.2) is 4.79 Å². The fourth-order valence-corrected chi connectivity index (χ4v) is 2.03. The molecule has 4 nitrogen and oxygen atoms in total. The molecule has 1 aromatic rings. The predicted molar refractivity (Wildman–Crippen MR) is 69.8 cm³/mol. The van der Waals surface area contributed by atoms with E-state index in [0.29, 0.717) is 5.69 Å². The molecule has 92 valence electrons. The van der Waals surface area contributed by atoms with Crippen molar-refractivity contribution in [2.75, 3.05) is 24.1 Å². The highest BCUT2D eigenvalue weighted by Crippen LogP contribution is 2.18. The van der Waals surface area contributed by atoms with Crippen LogP contribution in [0, 0.1) is 5.92 Å². The van der Waals surface area contributed by atoms with Gasteiger partial charge in [0.15, 0.2) is 0 Å². The lowest BCUT2D eigenvalue weighted by molar-refractivity contribution is 0.186. The molecule has 0 aromatic heterocycles. The van der Waals surface area contributed by atoms with Gasteiger partial charge in [0.25, 0.3) is 0 Å². The zero-order valence-electron chi connectivity index (χ0n) is 10.1. The van der Waals surface area contributed by atoms with Crippen molar-refractivity contribution in [1.82, 2.24) is 4.90 Å². The number of benzene rings is 1. The van der Waals surface area contributed by atoms with Gasteiger partial charge < -0.3 is 16.0 Å². The normalized spacial score (nSPS) is 16.9. The summed E-state index contributed by atoms with van der Waals surface area (Å²) in [4.78, 5) is 13.8. The number of nitrogens with one attached hydrogen (secondary N) is 1. The second-order valence-corrected chi connectivity index (χ2v) is 4.73. The molecule has 4 heteroatoms. The van der Waals surface area contributed by atoms with E-state index in [1.165, 1.54) is 0 Å². The van der Waals surface area contributed by atoms with Crippen LogP contribution in [0.4, 0.5) is 16.2 Å². The number of nitrogens with zero attached hydrogens (tertiary/aromatic N) is 1. The summed E-state index contributed by atoms with van der Waals surface area (Å²) in [6.07, 6.45) is 2.18. The SMILES string of the molecule is CC1CCN(C(=O)Nc2cccc(N)c2)CC1. The molecule has 0 spiro atoms. The lowest BCUT2D eigenvalue weighted by Gasteiger charge is -2.30. The van der Waals surface area contributed by atoms with Crippen LogP contribution in [0.2, 0.25) is 0 Å². The number of carbonyl (C=O) groups is 1. The molecule has 1 fully saturated rings. The van der Waals surface area contributed by atoms with Gasteiger partial charge in [-0.1, -0.05) is 13.0 Å². The van der Waals surface area contributed by atoms with Crippen LogP contribution in [0.25, 0.3) is 0 Å². The van der Waals surface area contributed by atoms with Crippen LogP contribution in [0.5, 0.6) is 0 Å². The van der Waals surface area contributed by atoms with Crippen LogP contribution >= 0.6 is 0 Å². The molecule has 0 aliphatic carbocycles. The zero-order valence-corrected chi connectivity index (χ0v) is 10.1. The number of hydrogen-bond acceptors (Lipinski definition) is 2. The van der Waals surface area contributed by atoms with Gasteiger partial charge in [0.1, 0.15) is 0 Å². The van der Waals surface area contributed by atoms with Gasteiger partial charge in [-0.05, 0) is 37.0 Å². The van der Waals surface area contributed by atoms with Crippen molar-refractivity contribution in [3.8, 4) is 0 Å². The van der Waals surface area contributed by atoms with E-state index in [1.807, 2.05) is 17.0 Å². The molecule has 2 amide bonds. The Kier molecular flexibility index (Phi) is 3.52. The van der Waals surface area contributed by atoms with Gasteiger partial charge in [-0.2, -0.15) is 0 Å². The average molecular weight is 233 g/mol. The molecule has 0 atom stereocenters. The number of carbonyl (C=O) groups excluding carboxylic acids is 1. The van der Waals surface area contributed by atoms with E-state index in [1.54, 1.807) is 12.1 Å². The number of amides is 2. The molecule has 0 saturated carbocycles. The summed E-state index contributed by atoms with van der Waals surface area (Å²) >= 11 is 0. The second-order valence-electron chi connectivity index (χ2n) is 4.73. The zero-order chi connectivity index (χ0) is 12.3. The molecular formula is C13H19N3O. The van der Waals surface area contributed by atoms with E-state index in [0.717, 1.165) is 37.5 Å². The number of piperidine rings is 1. The Morgan fingerprint density at radius 1 is 1.41 bits per heavy atom. The van der Waals surface area contributed by atoms with E-state index in [9.17, 15) is 4.79 Å². The largest absolute Gasteiger partial charge is 0.399 e. The van der Waals surface area contributed by atoms with Gasteiger partial charge in [0.05, 0.1) is 0 Å². The van der Waals surface area contributed by atoms with Gasteiger partial charge in [0.2, 0.25) is 0 Å². The third kappa shape index (κ3) is 3.12. The van der Waals surface area contributed by atoms with Crippen LogP contribution in [0.3, 0.4) is 0 Å². The third-order valence-electron chi connectivity index (χ3n) is 3.21. The third-order valence-corrected chi connectivity index (χ3v) is 3.21. The standard InChI is InChI=1S/C13H19N3O/c1-10-5-7-16(8-6-10)13(17)15-12-4-2-3-11(14)9-12/h2-4,9-10H,5-8,14H2,1H3,(H,15,17). The van der Waals surface area contributed by atoms with Gasteiger partial charge in [-0.3, -0.25) is 0 Å². The Balaban J connectivity index is 1.93. The van der Waals surface area contributed by atoms with Gasteiger partial charge in [-0.15, -0.1) is 0 Å². The van der Waals surface area contributed by atoms with Crippen molar-refractivity contribution in [2.45, 2.75) is 19.8 Å². The summed E-state index contributed by atoms with van der Waals surface area (Å²) in [5.74, 6) is 0.728. The fraction of sp³-hybridized carbons (Fsp3) is 0.462. The predicted octanol–water partition coefficient (Wildman–Crippen LogP) is 2.53. The molecule has 1 saturated heterocycles. The Hall–Kier alpha value is -1.71. The number of anilines is 2. The van der Waals surface area contributed by atoms with Crippen LogP contribution in [0.15, 0.2) is 24.3 Å². The minimum atomic E-state index is -0.0255. The summed E-state index contributed by atoms with van der Waals surface area (Å²) in [6, 6.07) is 7.23. The monoisotopic (exact) mass is 233 g/mol. The highest BCUT2D eigenvalue weighted by atomic mass is 16.2. The molecule has 0 unspecified atom stereocenters. The van der Waals surface area contributed by atoms with E-state index < -0.39 is 0 Å². The Bertz CT molecular complexity index is 397. The molecule has 1 aliphatic rings. The number of urea groups is 1. The quantitative estimate of drug-likeness (QED) is 0.732. The summed E-state index contributed by atoms with van der Waals surface area (Å²) in [7, 11) is 0.